The van der Waals surface area contributed by atoms with E-state index in [2.05, 4.69) is 9.98 Å². The van der Waals surface area contributed by atoms with Crippen molar-refractivity contribution in [1.82, 2.24) is 4.98 Å². The summed E-state index contributed by atoms with van der Waals surface area (Å²) in [5.41, 5.74) is 0.201. The molecule has 0 saturated carbocycles. The molecular formula is C11H14N2O4S. The number of rotatable bonds is 2. The predicted octanol–water partition coefficient (Wildman–Crippen LogP) is 1.47. The average molecular weight is 270 g/mol. The van der Waals surface area contributed by atoms with Crippen molar-refractivity contribution in [2.24, 2.45) is 4.99 Å². The second-order valence-corrected chi connectivity index (χ2v) is 4.17. The molecule has 0 aliphatic carbocycles. The number of aromatic hydroxyl groups is 2. The van der Waals surface area contributed by atoms with Crippen LogP contribution in [0.4, 0.5) is 0 Å². The molecule has 0 fully saturated rings. The second-order valence-electron chi connectivity index (χ2n) is 3.16. The van der Waals surface area contributed by atoms with E-state index in [4.69, 9.17) is 10.2 Å². The molecule has 1 aromatic heterocycles. The van der Waals surface area contributed by atoms with Crippen LogP contribution >= 0.6 is 11.8 Å². The molecule has 1 aliphatic heterocycles. The third-order valence-electron chi connectivity index (χ3n) is 1.99. The minimum absolute atomic E-state index is 0.153. The maximum atomic E-state index is 10.7. The summed E-state index contributed by atoms with van der Waals surface area (Å²) < 4.78 is 0. The Labute approximate surface area is 108 Å². The van der Waals surface area contributed by atoms with Gasteiger partial charge in [0.15, 0.2) is 6.04 Å². The number of nitrogens with zero attached hydrogens (tertiary/aromatic N) is 2. The van der Waals surface area contributed by atoms with Gasteiger partial charge in [0.2, 0.25) is 0 Å². The first-order valence-corrected chi connectivity index (χ1v) is 6.38. The number of carbonyl (C=O) groups is 1. The molecule has 1 unspecified atom stereocenters. The molecule has 0 saturated heterocycles. The van der Waals surface area contributed by atoms with Gasteiger partial charge in [0.05, 0.1) is 6.20 Å². The van der Waals surface area contributed by atoms with Crippen LogP contribution in [0.15, 0.2) is 17.3 Å². The first-order valence-electron chi connectivity index (χ1n) is 5.39. The second kappa shape index (κ2) is 6.25. The normalized spacial score (nSPS) is 17.7. The van der Waals surface area contributed by atoms with Gasteiger partial charge in [-0.25, -0.2) is 9.78 Å². The van der Waals surface area contributed by atoms with Gasteiger partial charge in [-0.2, -0.15) is 0 Å². The van der Waals surface area contributed by atoms with Crippen LogP contribution in [0.1, 0.15) is 19.5 Å². The summed E-state index contributed by atoms with van der Waals surface area (Å²) in [7, 11) is 0. The van der Waals surface area contributed by atoms with E-state index >= 15 is 0 Å². The Hall–Kier alpha value is -1.76. The van der Waals surface area contributed by atoms with Crippen molar-refractivity contribution >= 4 is 22.8 Å². The Balaban J connectivity index is 0.000000771. The van der Waals surface area contributed by atoms with Crippen LogP contribution in [0.2, 0.25) is 0 Å². The molecule has 2 rings (SSSR count). The molecule has 0 aromatic carbocycles. The zero-order chi connectivity index (χ0) is 13.7. The highest BCUT2D eigenvalue weighted by molar-refractivity contribution is 8.14. The molecule has 18 heavy (non-hydrogen) atoms. The maximum Gasteiger partial charge on any atom is 0.329 e. The fraction of sp³-hybridized carbons (Fsp3) is 0.364. The zero-order valence-corrected chi connectivity index (χ0v) is 10.8. The highest BCUT2D eigenvalue weighted by Gasteiger charge is 2.27. The number of carboxylic acid groups (broad SMARTS) is 1. The molecule has 0 radical (unpaired) electrons. The van der Waals surface area contributed by atoms with E-state index in [1.807, 2.05) is 13.8 Å². The summed E-state index contributed by atoms with van der Waals surface area (Å²) in [4.78, 5) is 18.4. The monoisotopic (exact) mass is 270 g/mol. The lowest BCUT2D eigenvalue weighted by atomic mass is 10.3. The lowest BCUT2D eigenvalue weighted by Crippen LogP contribution is -2.17. The van der Waals surface area contributed by atoms with Crippen LogP contribution < -0.4 is 0 Å². The van der Waals surface area contributed by atoms with Crippen LogP contribution in [0, 0.1) is 0 Å². The van der Waals surface area contributed by atoms with Crippen LogP contribution in [-0.4, -0.2) is 43.1 Å². The summed E-state index contributed by atoms with van der Waals surface area (Å²) in [6, 6.07) is 0.342. The van der Waals surface area contributed by atoms with E-state index < -0.39 is 12.0 Å². The Bertz CT molecular complexity index is 476. The van der Waals surface area contributed by atoms with E-state index in [1.165, 1.54) is 18.0 Å². The standard InChI is InChI=1S/C9H8N2O4S.C2H6/c12-4-1-6(13)7(10-2-4)8-11-5(3-16-8)9(14)15;1-2/h1-2,5,12-13H,3H2,(H,14,15);1-2H3. The number of thioether (sulfide) groups is 1. The van der Waals surface area contributed by atoms with Gasteiger partial charge in [-0.15, -0.1) is 11.8 Å². The summed E-state index contributed by atoms with van der Waals surface area (Å²) >= 11 is 1.22. The van der Waals surface area contributed by atoms with Crippen LogP contribution in [0.3, 0.4) is 0 Å². The van der Waals surface area contributed by atoms with Gasteiger partial charge in [0, 0.05) is 11.8 Å². The topological polar surface area (TPSA) is 103 Å². The molecule has 1 aromatic rings. The zero-order valence-electron chi connectivity index (χ0n) is 9.99. The summed E-state index contributed by atoms with van der Waals surface area (Å²) in [6.07, 6.45) is 1.17. The molecule has 98 valence electrons. The van der Waals surface area contributed by atoms with Gasteiger partial charge in [0.1, 0.15) is 22.2 Å². The Morgan fingerprint density at radius 1 is 1.44 bits per heavy atom. The molecule has 7 heteroatoms. The summed E-state index contributed by atoms with van der Waals surface area (Å²) in [6.45, 7) is 4.00. The van der Waals surface area contributed by atoms with Crippen molar-refractivity contribution in [3.8, 4) is 11.5 Å². The maximum absolute atomic E-state index is 10.7. The highest BCUT2D eigenvalue weighted by atomic mass is 32.2. The molecule has 0 spiro atoms. The number of aromatic nitrogens is 1. The van der Waals surface area contributed by atoms with Crippen LogP contribution in [0.25, 0.3) is 0 Å². The van der Waals surface area contributed by atoms with Crippen molar-refractivity contribution in [3.63, 3.8) is 0 Å². The molecular weight excluding hydrogens is 256 g/mol. The summed E-state index contributed by atoms with van der Waals surface area (Å²) in [5, 5.41) is 27.7. The van der Waals surface area contributed by atoms with Gasteiger partial charge in [-0.05, 0) is 0 Å². The van der Waals surface area contributed by atoms with E-state index in [-0.39, 0.29) is 17.2 Å². The highest BCUT2D eigenvalue weighted by Crippen LogP contribution is 2.29. The fourth-order valence-electron chi connectivity index (χ4n) is 1.24. The van der Waals surface area contributed by atoms with Crippen molar-refractivity contribution < 1.29 is 20.1 Å². The van der Waals surface area contributed by atoms with E-state index in [0.29, 0.717) is 10.8 Å². The first-order chi connectivity index (χ1) is 8.58. The third-order valence-corrected chi connectivity index (χ3v) is 3.05. The van der Waals surface area contributed by atoms with Gasteiger partial charge in [-0.3, -0.25) is 4.99 Å². The lowest BCUT2D eigenvalue weighted by molar-refractivity contribution is -0.137. The van der Waals surface area contributed by atoms with Crippen molar-refractivity contribution in [2.45, 2.75) is 19.9 Å². The number of aliphatic imine (C=N–C) groups is 1. The molecule has 6 nitrogen and oxygen atoms in total. The minimum atomic E-state index is -0.999. The van der Waals surface area contributed by atoms with Crippen molar-refractivity contribution in [3.05, 3.63) is 18.0 Å². The molecule has 2 heterocycles. The molecule has 1 atom stereocenters. The Morgan fingerprint density at radius 2 is 2.11 bits per heavy atom. The quantitative estimate of drug-likeness (QED) is 0.752. The average Bonchev–Trinajstić information content (AvgIpc) is 2.81. The molecule has 0 bridgehead atoms. The number of hydrogen-bond acceptors (Lipinski definition) is 6. The van der Waals surface area contributed by atoms with Crippen molar-refractivity contribution in [2.75, 3.05) is 5.75 Å². The lowest BCUT2D eigenvalue weighted by Gasteiger charge is -2.01. The number of pyridine rings is 1. The molecule has 0 amide bonds. The smallest absolute Gasteiger partial charge is 0.329 e. The van der Waals surface area contributed by atoms with Gasteiger partial charge in [0.25, 0.3) is 0 Å². The van der Waals surface area contributed by atoms with Crippen molar-refractivity contribution in [1.29, 1.82) is 0 Å². The molecule has 3 N–H and O–H groups in total. The largest absolute Gasteiger partial charge is 0.506 e. The predicted molar refractivity (Wildman–Crippen MR) is 69.3 cm³/mol. The van der Waals surface area contributed by atoms with E-state index in [1.54, 1.807) is 0 Å². The van der Waals surface area contributed by atoms with Gasteiger partial charge >= 0.3 is 5.97 Å². The van der Waals surface area contributed by atoms with E-state index in [0.717, 1.165) is 6.07 Å². The Kier molecular flexibility index (Phi) is 4.96. The third kappa shape index (κ3) is 3.13. The fourth-order valence-corrected chi connectivity index (χ4v) is 2.27. The number of aliphatic carboxylic acids is 1. The Morgan fingerprint density at radius 3 is 2.61 bits per heavy atom. The number of hydrogen-bond donors (Lipinski definition) is 3. The van der Waals surface area contributed by atoms with Crippen LogP contribution in [0.5, 0.6) is 11.5 Å². The SMILES string of the molecule is CC.O=C(O)C1CSC(c2ncc(O)cc2O)=N1. The summed E-state index contributed by atoms with van der Waals surface area (Å²) in [5.74, 6) is -1.04. The first kappa shape index (κ1) is 14.3. The van der Waals surface area contributed by atoms with Gasteiger partial charge in [-0.1, -0.05) is 13.8 Å². The number of carboxylic acids is 1. The minimum Gasteiger partial charge on any atom is -0.506 e. The van der Waals surface area contributed by atoms with E-state index in [9.17, 15) is 9.90 Å². The van der Waals surface area contributed by atoms with Crippen LogP contribution in [-0.2, 0) is 4.79 Å². The van der Waals surface area contributed by atoms with Gasteiger partial charge < -0.3 is 15.3 Å². The molecule has 1 aliphatic rings.